The van der Waals surface area contributed by atoms with Crippen molar-refractivity contribution in [3.63, 3.8) is 0 Å². The molecule has 0 spiro atoms. The fourth-order valence-electron chi connectivity index (χ4n) is 1.12. The van der Waals surface area contributed by atoms with Crippen LogP contribution in [0.15, 0.2) is 64.8 Å². The van der Waals surface area contributed by atoms with Crippen molar-refractivity contribution < 1.29 is 0 Å². The molecule has 3 heteroatoms. The first-order chi connectivity index (χ1) is 7.34. The maximum Gasteiger partial charge on any atom is 0.0858 e. The van der Waals surface area contributed by atoms with Gasteiger partial charge in [-0.3, -0.25) is 0 Å². The Balaban J connectivity index is 2.15. The lowest BCUT2D eigenvalue weighted by Gasteiger charge is -1.92. The molecule has 74 valence electrons. The zero-order chi connectivity index (χ0) is 10.5. The van der Waals surface area contributed by atoms with E-state index in [-0.39, 0.29) is 0 Å². The summed E-state index contributed by atoms with van der Waals surface area (Å²) in [5.41, 5.74) is 1.63. The number of benzene rings is 2. The second kappa shape index (κ2) is 4.71. The highest BCUT2D eigenvalue weighted by atomic mass is 35.5. The molecule has 0 unspecified atom stereocenters. The van der Waals surface area contributed by atoms with Gasteiger partial charge in [-0.05, 0) is 36.4 Å². The molecule has 0 aromatic heterocycles. The molecule has 0 aliphatic carbocycles. The van der Waals surface area contributed by atoms with Crippen molar-refractivity contribution in [1.82, 2.24) is 0 Å². The highest BCUT2D eigenvalue weighted by Gasteiger charge is 1.90. The Morgan fingerprint density at radius 1 is 0.667 bits per heavy atom. The van der Waals surface area contributed by atoms with Crippen LogP contribution in [-0.2, 0) is 0 Å². The topological polar surface area (TPSA) is 24.7 Å². The van der Waals surface area contributed by atoms with E-state index in [4.69, 9.17) is 11.6 Å². The first kappa shape index (κ1) is 9.87. The highest BCUT2D eigenvalue weighted by molar-refractivity contribution is 6.30. The average Bonchev–Trinajstić information content (AvgIpc) is 2.30. The molecule has 2 aromatic rings. The molecule has 0 saturated heterocycles. The molecule has 0 radical (unpaired) electrons. The number of hydrogen-bond donors (Lipinski definition) is 0. The maximum absolute atomic E-state index is 5.76. The standard InChI is InChI=1S/C12H9ClN2/c13-10-6-8-12(9-7-10)15-14-11-4-2-1-3-5-11/h1-9H/b15-14+. The Morgan fingerprint density at radius 2 is 1.20 bits per heavy atom. The smallest absolute Gasteiger partial charge is 0.0858 e. The quantitative estimate of drug-likeness (QED) is 0.647. The van der Waals surface area contributed by atoms with Gasteiger partial charge in [0.1, 0.15) is 0 Å². The lowest BCUT2D eigenvalue weighted by atomic mass is 10.3. The van der Waals surface area contributed by atoms with E-state index in [1.807, 2.05) is 42.5 Å². The summed E-state index contributed by atoms with van der Waals surface area (Å²) in [5.74, 6) is 0. The van der Waals surface area contributed by atoms with Crippen LogP contribution in [-0.4, -0.2) is 0 Å². The molecule has 2 rings (SSSR count). The van der Waals surface area contributed by atoms with Crippen LogP contribution < -0.4 is 0 Å². The van der Waals surface area contributed by atoms with E-state index in [2.05, 4.69) is 10.2 Å². The number of hydrogen-bond acceptors (Lipinski definition) is 2. The molecular weight excluding hydrogens is 208 g/mol. The molecule has 0 bridgehead atoms. The van der Waals surface area contributed by atoms with Crippen molar-refractivity contribution in [3.8, 4) is 0 Å². The molecule has 0 amide bonds. The normalized spacial score (nSPS) is 10.7. The van der Waals surface area contributed by atoms with E-state index < -0.39 is 0 Å². The summed E-state index contributed by atoms with van der Waals surface area (Å²) in [7, 11) is 0. The molecule has 0 fully saturated rings. The summed E-state index contributed by atoms with van der Waals surface area (Å²) in [4.78, 5) is 0. The molecule has 0 atom stereocenters. The van der Waals surface area contributed by atoms with E-state index in [0.717, 1.165) is 11.4 Å². The van der Waals surface area contributed by atoms with Gasteiger partial charge < -0.3 is 0 Å². The molecule has 15 heavy (non-hydrogen) atoms. The van der Waals surface area contributed by atoms with Gasteiger partial charge in [0, 0.05) is 5.02 Å². The van der Waals surface area contributed by atoms with Gasteiger partial charge >= 0.3 is 0 Å². The Morgan fingerprint density at radius 3 is 1.80 bits per heavy atom. The second-order valence-corrected chi connectivity index (χ2v) is 3.45. The summed E-state index contributed by atoms with van der Waals surface area (Å²) in [5, 5.41) is 8.87. The molecule has 2 nitrogen and oxygen atoms in total. The summed E-state index contributed by atoms with van der Waals surface area (Å²) < 4.78 is 0. The zero-order valence-electron chi connectivity index (χ0n) is 7.97. The summed E-state index contributed by atoms with van der Waals surface area (Å²) in [6.07, 6.45) is 0. The molecular formula is C12H9ClN2. The first-order valence-electron chi connectivity index (χ1n) is 4.57. The molecule has 2 aromatic carbocycles. The predicted octanol–water partition coefficient (Wildman–Crippen LogP) is 4.76. The Labute approximate surface area is 93.2 Å². The van der Waals surface area contributed by atoms with Crippen LogP contribution in [0.3, 0.4) is 0 Å². The average molecular weight is 217 g/mol. The van der Waals surface area contributed by atoms with Crippen molar-refractivity contribution in [2.45, 2.75) is 0 Å². The maximum atomic E-state index is 5.76. The summed E-state index contributed by atoms with van der Waals surface area (Å²) in [6.45, 7) is 0. The minimum absolute atomic E-state index is 0.702. The minimum atomic E-state index is 0.702. The Bertz CT molecular complexity index is 449. The van der Waals surface area contributed by atoms with E-state index in [1.54, 1.807) is 12.1 Å². The SMILES string of the molecule is Clc1ccc(/N=N/c2ccccc2)cc1. The monoisotopic (exact) mass is 216 g/mol. The van der Waals surface area contributed by atoms with Gasteiger partial charge in [0.2, 0.25) is 0 Å². The van der Waals surface area contributed by atoms with Crippen LogP contribution in [0.4, 0.5) is 11.4 Å². The van der Waals surface area contributed by atoms with Crippen LogP contribution in [0.1, 0.15) is 0 Å². The van der Waals surface area contributed by atoms with Crippen LogP contribution in [0.5, 0.6) is 0 Å². The molecule has 0 N–H and O–H groups in total. The molecule has 0 aliphatic heterocycles. The van der Waals surface area contributed by atoms with E-state index >= 15 is 0 Å². The molecule has 0 aliphatic rings. The van der Waals surface area contributed by atoms with Gasteiger partial charge in [-0.1, -0.05) is 29.8 Å². The second-order valence-electron chi connectivity index (χ2n) is 3.01. The molecule has 0 saturated carbocycles. The van der Waals surface area contributed by atoms with Gasteiger partial charge in [0.15, 0.2) is 0 Å². The summed E-state index contributed by atoms with van der Waals surface area (Å²) >= 11 is 5.76. The first-order valence-corrected chi connectivity index (χ1v) is 4.95. The number of nitrogens with zero attached hydrogens (tertiary/aromatic N) is 2. The number of halogens is 1. The van der Waals surface area contributed by atoms with Crippen LogP contribution in [0, 0.1) is 0 Å². The largest absolute Gasteiger partial charge is 0.151 e. The van der Waals surface area contributed by atoms with Gasteiger partial charge in [-0.2, -0.15) is 10.2 Å². The fraction of sp³-hybridized carbons (Fsp3) is 0. The van der Waals surface area contributed by atoms with E-state index in [9.17, 15) is 0 Å². The Kier molecular flexibility index (Phi) is 3.10. The Hall–Kier alpha value is -1.67. The number of azo groups is 1. The third-order valence-electron chi connectivity index (χ3n) is 1.86. The van der Waals surface area contributed by atoms with Crippen molar-refractivity contribution in [1.29, 1.82) is 0 Å². The van der Waals surface area contributed by atoms with Gasteiger partial charge in [-0.15, -0.1) is 0 Å². The van der Waals surface area contributed by atoms with Crippen LogP contribution in [0.2, 0.25) is 5.02 Å². The summed E-state index contributed by atoms with van der Waals surface area (Å²) in [6, 6.07) is 16.8. The van der Waals surface area contributed by atoms with Crippen LogP contribution >= 0.6 is 11.6 Å². The highest BCUT2D eigenvalue weighted by Crippen LogP contribution is 2.19. The van der Waals surface area contributed by atoms with Crippen molar-refractivity contribution in [3.05, 3.63) is 59.6 Å². The van der Waals surface area contributed by atoms with Crippen LogP contribution in [0.25, 0.3) is 0 Å². The third kappa shape index (κ3) is 2.89. The van der Waals surface area contributed by atoms with Gasteiger partial charge in [0.05, 0.1) is 11.4 Å². The lowest BCUT2D eigenvalue weighted by molar-refractivity contribution is 1.23. The number of rotatable bonds is 2. The van der Waals surface area contributed by atoms with E-state index in [0.29, 0.717) is 5.02 Å². The predicted molar refractivity (Wildman–Crippen MR) is 62.1 cm³/mol. The van der Waals surface area contributed by atoms with E-state index in [1.165, 1.54) is 0 Å². The lowest BCUT2D eigenvalue weighted by Crippen LogP contribution is -1.64. The third-order valence-corrected chi connectivity index (χ3v) is 2.12. The zero-order valence-corrected chi connectivity index (χ0v) is 8.72. The van der Waals surface area contributed by atoms with Crippen molar-refractivity contribution in [2.24, 2.45) is 10.2 Å². The molecule has 0 heterocycles. The van der Waals surface area contributed by atoms with Gasteiger partial charge in [0.25, 0.3) is 0 Å². The minimum Gasteiger partial charge on any atom is -0.151 e. The van der Waals surface area contributed by atoms with Crippen molar-refractivity contribution >= 4 is 23.0 Å². The van der Waals surface area contributed by atoms with Crippen molar-refractivity contribution in [2.75, 3.05) is 0 Å². The van der Waals surface area contributed by atoms with Gasteiger partial charge in [-0.25, -0.2) is 0 Å². The fourth-order valence-corrected chi connectivity index (χ4v) is 1.24.